The molecule has 0 aromatic carbocycles. The molecule has 0 aromatic heterocycles. The molecule has 8 atom stereocenters. The van der Waals surface area contributed by atoms with Crippen molar-refractivity contribution in [2.45, 2.75) is 101 Å². The van der Waals surface area contributed by atoms with Crippen LogP contribution in [0.3, 0.4) is 0 Å². The summed E-state index contributed by atoms with van der Waals surface area (Å²) in [7, 11) is 0. The Morgan fingerprint density at radius 2 is 1.83 bits per heavy atom. The molecule has 2 aliphatic heterocycles. The van der Waals surface area contributed by atoms with E-state index in [1.807, 2.05) is 19.1 Å². The second kappa shape index (κ2) is 9.11. The second-order valence-corrected chi connectivity index (χ2v) is 9.04. The Hall–Kier alpha value is -0.840. The van der Waals surface area contributed by atoms with E-state index in [4.69, 9.17) is 14.2 Å². The van der Waals surface area contributed by atoms with Crippen LogP contribution < -0.4 is 0 Å². The van der Waals surface area contributed by atoms with E-state index in [0.717, 1.165) is 6.42 Å². The van der Waals surface area contributed by atoms with Gasteiger partial charge in [0.1, 0.15) is 24.4 Å². The lowest BCUT2D eigenvalue weighted by Crippen LogP contribution is -2.61. The van der Waals surface area contributed by atoms with Crippen molar-refractivity contribution in [3.63, 3.8) is 0 Å². The highest BCUT2D eigenvalue weighted by Gasteiger charge is 2.49. The molecule has 2 heterocycles. The van der Waals surface area contributed by atoms with Gasteiger partial charge in [-0.25, -0.2) is 0 Å². The molecule has 2 aliphatic rings. The molecule has 2 fully saturated rings. The average molecular weight is 417 g/mol. The van der Waals surface area contributed by atoms with Gasteiger partial charge in [0.25, 0.3) is 0 Å². The molecule has 0 amide bonds. The Morgan fingerprint density at radius 1 is 1.17 bits per heavy atom. The number of aliphatic hydroxyl groups excluding tert-OH is 4. The van der Waals surface area contributed by atoms with Crippen molar-refractivity contribution < 1.29 is 39.7 Å². The first-order chi connectivity index (χ1) is 13.3. The third kappa shape index (κ3) is 5.86. The lowest BCUT2D eigenvalue weighted by molar-refractivity contribution is -0.332. The minimum Gasteiger partial charge on any atom is -0.394 e. The molecular weight excluding hydrogens is 380 g/mol. The van der Waals surface area contributed by atoms with Gasteiger partial charge in [-0.15, -0.1) is 6.58 Å². The molecule has 0 aliphatic carbocycles. The van der Waals surface area contributed by atoms with Gasteiger partial charge in [0.2, 0.25) is 0 Å². The monoisotopic (exact) mass is 416 g/mol. The lowest BCUT2D eigenvalue weighted by Gasteiger charge is -2.44. The fourth-order valence-corrected chi connectivity index (χ4v) is 3.64. The van der Waals surface area contributed by atoms with Gasteiger partial charge in [-0.2, -0.15) is 0 Å². The quantitative estimate of drug-likeness (QED) is 0.360. The number of aliphatic hydroxyl groups is 5. The Labute approximate surface area is 172 Å². The molecule has 2 rings (SSSR count). The fraction of sp³-hybridized carbons (Fsp3) is 0.810. The molecule has 0 spiro atoms. The first kappa shape index (κ1) is 24.4. The molecule has 8 heteroatoms. The molecule has 0 saturated carbocycles. The zero-order valence-corrected chi connectivity index (χ0v) is 17.7. The van der Waals surface area contributed by atoms with Crippen LogP contribution in [0.1, 0.15) is 47.0 Å². The largest absolute Gasteiger partial charge is 0.394 e. The summed E-state index contributed by atoms with van der Waals surface area (Å²) in [4.78, 5) is 0. The van der Waals surface area contributed by atoms with E-state index in [9.17, 15) is 25.5 Å². The van der Waals surface area contributed by atoms with Crippen molar-refractivity contribution in [2.75, 3.05) is 6.61 Å². The van der Waals surface area contributed by atoms with E-state index >= 15 is 0 Å². The summed E-state index contributed by atoms with van der Waals surface area (Å²) in [6.45, 7) is 10.3. The van der Waals surface area contributed by atoms with Crippen LogP contribution in [0.5, 0.6) is 0 Å². The standard InChI is InChI=1S/C21H36O8/c1-6-20(4,26)9-7-10-21(5)11-8-14(28-21)19(2,3)29-18-17(25)16(24)15(23)13(12-22)27-18/h6-7,10,13-18,22-26H,1,8-9,11-12H2,2-5H3/t13-,14+,15-,16+,17-,18+,20-,21+/m1/s1. The Bertz CT molecular complexity index is 587. The van der Waals surface area contributed by atoms with Crippen molar-refractivity contribution in [3.8, 4) is 0 Å². The zero-order chi connectivity index (χ0) is 22.0. The van der Waals surface area contributed by atoms with E-state index in [2.05, 4.69) is 6.58 Å². The van der Waals surface area contributed by atoms with Gasteiger partial charge < -0.3 is 39.7 Å². The molecule has 2 saturated heterocycles. The molecule has 168 valence electrons. The fourth-order valence-electron chi connectivity index (χ4n) is 3.64. The maximum absolute atomic E-state index is 10.2. The normalized spacial score (nSPS) is 40.9. The Balaban J connectivity index is 2.01. The van der Waals surface area contributed by atoms with Crippen molar-refractivity contribution in [1.82, 2.24) is 0 Å². The summed E-state index contributed by atoms with van der Waals surface area (Å²) in [5, 5.41) is 49.4. The third-order valence-corrected chi connectivity index (χ3v) is 5.80. The topological polar surface area (TPSA) is 129 Å². The third-order valence-electron chi connectivity index (χ3n) is 5.80. The van der Waals surface area contributed by atoms with Gasteiger partial charge in [-0.3, -0.25) is 0 Å². The molecule has 0 unspecified atom stereocenters. The van der Waals surface area contributed by atoms with Crippen LogP contribution >= 0.6 is 0 Å². The molecule has 5 N–H and O–H groups in total. The maximum Gasteiger partial charge on any atom is 0.187 e. The molecule has 8 nitrogen and oxygen atoms in total. The maximum atomic E-state index is 10.2. The molecule has 0 radical (unpaired) electrons. The van der Waals surface area contributed by atoms with Crippen molar-refractivity contribution in [1.29, 1.82) is 0 Å². The van der Waals surface area contributed by atoms with Crippen LogP contribution in [-0.2, 0) is 14.2 Å². The van der Waals surface area contributed by atoms with E-state index in [1.54, 1.807) is 20.8 Å². The SMILES string of the molecule is C=C[C@@](C)(O)CC=C[C@@]1(C)CC[C@@H](C(C)(C)O[C@@H]2O[C@H](CO)[C@@H](O)[C@H](O)[C@H]2O)O1. The molecular formula is C21H36O8. The van der Waals surface area contributed by atoms with Crippen molar-refractivity contribution in [3.05, 3.63) is 24.8 Å². The zero-order valence-electron chi connectivity index (χ0n) is 17.7. The summed E-state index contributed by atoms with van der Waals surface area (Å²) in [6, 6.07) is 0. The second-order valence-electron chi connectivity index (χ2n) is 9.04. The first-order valence-corrected chi connectivity index (χ1v) is 10.0. The van der Waals surface area contributed by atoms with Crippen LogP contribution in [0.2, 0.25) is 0 Å². The van der Waals surface area contributed by atoms with Crippen molar-refractivity contribution in [2.24, 2.45) is 0 Å². The summed E-state index contributed by atoms with van der Waals surface area (Å²) < 4.78 is 17.6. The number of rotatable bonds is 8. The van der Waals surface area contributed by atoms with Crippen LogP contribution in [0.4, 0.5) is 0 Å². The molecule has 0 aromatic rings. The van der Waals surface area contributed by atoms with Gasteiger partial charge in [0.15, 0.2) is 6.29 Å². The van der Waals surface area contributed by atoms with Gasteiger partial charge in [0.05, 0.1) is 29.5 Å². The van der Waals surface area contributed by atoms with Crippen LogP contribution in [0.25, 0.3) is 0 Å². The van der Waals surface area contributed by atoms with Crippen LogP contribution in [-0.4, -0.2) is 85.8 Å². The van der Waals surface area contributed by atoms with Crippen LogP contribution in [0, 0.1) is 0 Å². The van der Waals surface area contributed by atoms with E-state index in [-0.39, 0.29) is 6.10 Å². The average Bonchev–Trinajstić information content (AvgIpc) is 3.05. The van der Waals surface area contributed by atoms with Gasteiger partial charge >= 0.3 is 0 Å². The summed E-state index contributed by atoms with van der Waals surface area (Å²) in [5.41, 5.74) is -2.37. The predicted molar refractivity (Wildman–Crippen MR) is 106 cm³/mol. The predicted octanol–water partition coefficient (Wildman–Crippen LogP) is 0.402. The summed E-state index contributed by atoms with van der Waals surface area (Å²) >= 11 is 0. The minimum atomic E-state index is -1.49. The summed E-state index contributed by atoms with van der Waals surface area (Å²) in [5.74, 6) is 0. The Kier molecular flexibility index (Phi) is 7.68. The molecule has 0 bridgehead atoms. The number of hydrogen-bond acceptors (Lipinski definition) is 8. The Morgan fingerprint density at radius 3 is 2.41 bits per heavy atom. The van der Waals surface area contributed by atoms with Crippen molar-refractivity contribution >= 4 is 0 Å². The summed E-state index contributed by atoms with van der Waals surface area (Å²) in [6.07, 6.45) is 0.225. The smallest absolute Gasteiger partial charge is 0.187 e. The minimum absolute atomic E-state index is 0.315. The van der Waals surface area contributed by atoms with E-state index in [1.165, 1.54) is 6.08 Å². The molecule has 29 heavy (non-hydrogen) atoms. The van der Waals surface area contributed by atoms with Gasteiger partial charge in [-0.05, 0) is 47.0 Å². The number of ether oxygens (including phenoxy) is 3. The van der Waals surface area contributed by atoms with Gasteiger partial charge in [-0.1, -0.05) is 18.2 Å². The van der Waals surface area contributed by atoms with Crippen LogP contribution in [0.15, 0.2) is 24.8 Å². The van der Waals surface area contributed by atoms with Gasteiger partial charge in [0, 0.05) is 0 Å². The lowest BCUT2D eigenvalue weighted by atomic mass is 9.94. The highest BCUT2D eigenvalue weighted by Crippen LogP contribution is 2.39. The van der Waals surface area contributed by atoms with E-state index in [0.29, 0.717) is 12.8 Å². The number of hydrogen-bond donors (Lipinski definition) is 5. The van der Waals surface area contributed by atoms with E-state index < -0.39 is 54.1 Å². The highest BCUT2D eigenvalue weighted by atomic mass is 16.7. The highest BCUT2D eigenvalue weighted by molar-refractivity contribution is 5.08. The first-order valence-electron chi connectivity index (χ1n) is 10.0.